The Bertz CT molecular complexity index is 322. The van der Waals surface area contributed by atoms with Crippen LogP contribution in [0.3, 0.4) is 0 Å². The second-order valence-corrected chi connectivity index (χ2v) is 3.49. The fourth-order valence-electron chi connectivity index (χ4n) is 0.772. The topological polar surface area (TPSA) is 86.6 Å². The van der Waals surface area contributed by atoms with Gasteiger partial charge in [-0.25, -0.2) is 4.79 Å². The van der Waals surface area contributed by atoms with E-state index in [0.717, 1.165) is 0 Å². The molecule has 0 spiro atoms. The molecule has 1 amide bonds. The third kappa shape index (κ3) is 2.82. The first kappa shape index (κ1) is 10.7. The molecule has 3 N–H and O–H groups in total. The molecule has 0 aliphatic carbocycles. The van der Waals surface area contributed by atoms with E-state index < -0.39 is 12.1 Å². The standard InChI is InChI=1S/C8H9NO4S/c10-5(8(12)13)4-9-7(11)6-2-1-3-14-6/h1-3,5,10H,4H2,(H,9,11)(H,12,13). The number of hydrogen-bond donors (Lipinski definition) is 3. The summed E-state index contributed by atoms with van der Waals surface area (Å²) in [4.78, 5) is 21.9. The summed E-state index contributed by atoms with van der Waals surface area (Å²) < 4.78 is 0. The van der Waals surface area contributed by atoms with Gasteiger partial charge in [0.2, 0.25) is 0 Å². The molecule has 1 rings (SSSR count). The van der Waals surface area contributed by atoms with E-state index in [1.807, 2.05) is 0 Å². The SMILES string of the molecule is O=C(NCC(O)C(=O)O)c1cccs1. The van der Waals surface area contributed by atoms with Gasteiger partial charge in [0.15, 0.2) is 6.10 Å². The Labute approximate surface area is 84.0 Å². The van der Waals surface area contributed by atoms with E-state index in [0.29, 0.717) is 4.88 Å². The zero-order chi connectivity index (χ0) is 10.6. The quantitative estimate of drug-likeness (QED) is 0.655. The Balaban J connectivity index is 2.40. The molecule has 0 radical (unpaired) electrons. The number of aliphatic hydroxyl groups excluding tert-OH is 1. The third-order valence-corrected chi connectivity index (χ3v) is 2.35. The average molecular weight is 215 g/mol. The van der Waals surface area contributed by atoms with Crippen LogP contribution in [-0.4, -0.2) is 34.7 Å². The Morgan fingerprint density at radius 3 is 2.79 bits per heavy atom. The largest absolute Gasteiger partial charge is 0.479 e. The number of aliphatic hydroxyl groups is 1. The highest BCUT2D eigenvalue weighted by atomic mass is 32.1. The van der Waals surface area contributed by atoms with Crippen LogP contribution >= 0.6 is 11.3 Å². The van der Waals surface area contributed by atoms with Crippen LogP contribution in [0, 0.1) is 0 Å². The van der Waals surface area contributed by atoms with Crippen LogP contribution in [0.4, 0.5) is 0 Å². The first-order valence-electron chi connectivity index (χ1n) is 3.84. The van der Waals surface area contributed by atoms with Crippen molar-refractivity contribution < 1.29 is 19.8 Å². The zero-order valence-electron chi connectivity index (χ0n) is 7.14. The first-order chi connectivity index (χ1) is 6.61. The van der Waals surface area contributed by atoms with Crippen molar-refractivity contribution >= 4 is 23.2 Å². The third-order valence-electron chi connectivity index (χ3n) is 1.49. The molecule has 5 nitrogen and oxygen atoms in total. The monoisotopic (exact) mass is 215 g/mol. The average Bonchev–Trinajstić information content (AvgIpc) is 2.66. The van der Waals surface area contributed by atoms with Crippen molar-refractivity contribution in [3.05, 3.63) is 22.4 Å². The number of nitrogens with one attached hydrogen (secondary N) is 1. The molecule has 0 aromatic carbocycles. The second-order valence-electron chi connectivity index (χ2n) is 2.54. The summed E-state index contributed by atoms with van der Waals surface area (Å²) in [5.41, 5.74) is 0. The van der Waals surface area contributed by atoms with Crippen LogP contribution in [0.5, 0.6) is 0 Å². The summed E-state index contributed by atoms with van der Waals surface area (Å²) >= 11 is 1.25. The predicted molar refractivity (Wildman–Crippen MR) is 50.3 cm³/mol. The van der Waals surface area contributed by atoms with Crippen molar-refractivity contribution in [2.75, 3.05) is 6.54 Å². The number of amides is 1. The molecule has 0 bridgehead atoms. The van der Waals surface area contributed by atoms with Crippen LogP contribution < -0.4 is 5.32 Å². The van der Waals surface area contributed by atoms with Gasteiger partial charge in [-0.3, -0.25) is 4.79 Å². The molecule has 1 aromatic heterocycles. The van der Waals surface area contributed by atoms with Gasteiger partial charge >= 0.3 is 5.97 Å². The van der Waals surface area contributed by atoms with Crippen LogP contribution in [0.1, 0.15) is 9.67 Å². The number of aliphatic carboxylic acids is 1. The molecular weight excluding hydrogens is 206 g/mol. The van der Waals surface area contributed by atoms with Crippen molar-refractivity contribution in [3.8, 4) is 0 Å². The predicted octanol–water partition coefficient (Wildman–Crippen LogP) is -0.0766. The molecule has 76 valence electrons. The number of carboxylic acid groups (broad SMARTS) is 1. The van der Waals surface area contributed by atoms with Gasteiger partial charge in [-0.05, 0) is 11.4 Å². The van der Waals surface area contributed by atoms with Crippen LogP contribution in [0.25, 0.3) is 0 Å². The summed E-state index contributed by atoms with van der Waals surface area (Å²) in [5.74, 6) is -1.73. The minimum Gasteiger partial charge on any atom is -0.479 e. The highest BCUT2D eigenvalue weighted by Crippen LogP contribution is 2.07. The minimum absolute atomic E-state index is 0.286. The van der Waals surface area contributed by atoms with Gasteiger partial charge in [-0.2, -0.15) is 0 Å². The fourth-order valence-corrected chi connectivity index (χ4v) is 1.41. The zero-order valence-corrected chi connectivity index (χ0v) is 7.95. The molecule has 6 heteroatoms. The Morgan fingerprint density at radius 2 is 2.29 bits per heavy atom. The molecule has 0 saturated heterocycles. The molecule has 0 aliphatic heterocycles. The maximum atomic E-state index is 11.2. The second kappa shape index (κ2) is 4.73. The van der Waals surface area contributed by atoms with Gasteiger partial charge in [0.1, 0.15) is 0 Å². The van der Waals surface area contributed by atoms with E-state index in [2.05, 4.69) is 5.32 Å². The highest BCUT2D eigenvalue weighted by molar-refractivity contribution is 7.12. The van der Waals surface area contributed by atoms with Crippen molar-refractivity contribution in [3.63, 3.8) is 0 Å². The molecule has 1 heterocycles. The number of hydrogen-bond acceptors (Lipinski definition) is 4. The van der Waals surface area contributed by atoms with Crippen molar-refractivity contribution in [1.82, 2.24) is 5.32 Å². The van der Waals surface area contributed by atoms with Crippen molar-refractivity contribution in [2.45, 2.75) is 6.10 Å². The molecule has 1 aromatic rings. The lowest BCUT2D eigenvalue weighted by Crippen LogP contribution is -2.36. The molecular formula is C8H9NO4S. The van der Waals surface area contributed by atoms with Crippen molar-refractivity contribution in [1.29, 1.82) is 0 Å². The fraction of sp³-hybridized carbons (Fsp3) is 0.250. The first-order valence-corrected chi connectivity index (χ1v) is 4.72. The van der Waals surface area contributed by atoms with Gasteiger partial charge in [0, 0.05) is 0 Å². The van der Waals surface area contributed by atoms with Gasteiger partial charge in [0.05, 0.1) is 11.4 Å². The molecule has 0 aliphatic rings. The van der Waals surface area contributed by atoms with Crippen molar-refractivity contribution in [2.24, 2.45) is 0 Å². The maximum Gasteiger partial charge on any atom is 0.334 e. The maximum absolute atomic E-state index is 11.2. The molecule has 0 fully saturated rings. The van der Waals surface area contributed by atoms with Gasteiger partial charge in [0.25, 0.3) is 5.91 Å². The number of carboxylic acids is 1. The summed E-state index contributed by atoms with van der Waals surface area (Å²) in [6.45, 7) is -0.286. The van der Waals surface area contributed by atoms with E-state index in [1.54, 1.807) is 17.5 Å². The van der Waals surface area contributed by atoms with E-state index >= 15 is 0 Å². The van der Waals surface area contributed by atoms with Crippen LogP contribution in [-0.2, 0) is 4.79 Å². The number of carbonyl (C=O) groups is 2. The lowest BCUT2D eigenvalue weighted by molar-refractivity contribution is -0.146. The van der Waals surface area contributed by atoms with Gasteiger partial charge < -0.3 is 15.5 Å². The summed E-state index contributed by atoms with van der Waals surface area (Å²) in [5, 5.41) is 21.2. The Morgan fingerprint density at radius 1 is 1.57 bits per heavy atom. The lowest BCUT2D eigenvalue weighted by Gasteiger charge is -2.05. The smallest absolute Gasteiger partial charge is 0.334 e. The number of rotatable bonds is 4. The van der Waals surface area contributed by atoms with E-state index in [9.17, 15) is 9.59 Å². The van der Waals surface area contributed by atoms with E-state index in [-0.39, 0.29) is 12.5 Å². The summed E-state index contributed by atoms with van der Waals surface area (Å²) in [6.07, 6.45) is -1.56. The molecule has 14 heavy (non-hydrogen) atoms. The Kier molecular flexibility index (Phi) is 3.61. The number of thiophene rings is 1. The summed E-state index contributed by atoms with van der Waals surface area (Å²) in [7, 11) is 0. The lowest BCUT2D eigenvalue weighted by atomic mass is 10.3. The van der Waals surface area contributed by atoms with Gasteiger partial charge in [-0.15, -0.1) is 11.3 Å². The molecule has 1 unspecified atom stereocenters. The molecule has 0 saturated carbocycles. The normalized spacial score (nSPS) is 12.1. The molecule has 1 atom stereocenters. The van der Waals surface area contributed by atoms with Crippen LogP contribution in [0.15, 0.2) is 17.5 Å². The Hall–Kier alpha value is -1.40. The summed E-state index contributed by atoms with van der Waals surface area (Å²) in [6, 6.07) is 3.33. The van der Waals surface area contributed by atoms with Gasteiger partial charge in [-0.1, -0.05) is 6.07 Å². The minimum atomic E-state index is -1.56. The number of carbonyl (C=O) groups excluding carboxylic acids is 1. The van der Waals surface area contributed by atoms with E-state index in [4.69, 9.17) is 10.2 Å². The highest BCUT2D eigenvalue weighted by Gasteiger charge is 2.14. The van der Waals surface area contributed by atoms with E-state index in [1.165, 1.54) is 11.3 Å². The van der Waals surface area contributed by atoms with Crippen LogP contribution in [0.2, 0.25) is 0 Å².